The average Bonchev–Trinajstić information content (AvgIpc) is 3.36. The van der Waals surface area contributed by atoms with Crippen LogP contribution >= 0.6 is 7.82 Å². The van der Waals surface area contributed by atoms with Gasteiger partial charge in [-0.1, -0.05) is 293 Å². The van der Waals surface area contributed by atoms with Crippen LogP contribution in [0.5, 0.6) is 0 Å². The van der Waals surface area contributed by atoms with Crippen LogP contribution in [0.3, 0.4) is 0 Å². The molecule has 0 aliphatic carbocycles. The molecule has 0 bridgehead atoms. The summed E-state index contributed by atoms with van der Waals surface area (Å²) in [6, 6.07) is -0.803. The van der Waals surface area contributed by atoms with Crippen molar-refractivity contribution in [2.45, 2.75) is 309 Å². The number of unbranched alkanes of at least 4 members (excludes halogenated alkanes) is 35. The van der Waals surface area contributed by atoms with Crippen LogP contribution in [0.15, 0.2) is 60.8 Å². The van der Waals surface area contributed by atoms with Crippen LogP contribution in [0.4, 0.5) is 0 Å². The maximum atomic E-state index is 13.0. The Hall–Kier alpha value is -1.80. The number of phosphoric acid groups is 1. The minimum absolute atomic E-state index is 0.0119. The Morgan fingerprint density at radius 3 is 1.20 bits per heavy atom. The summed E-state index contributed by atoms with van der Waals surface area (Å²) < 4.78 is 23.5. The quantitative estimate of drug-likeness (QED) is 0.0272. The van der Waals surface area contributed by atoms with E-state index in [1.165, 1.54) is 199 Å². The van der Waals surface area contributed by atoms with Gasteiger partial charge < -0.3 is 28.8 Å². The third-order valence-corrected chi connectivity index (χ3v) is 15.2. The third kappa shape index (κ3) is 57.9. The van der Waals surface area contributed by atoms with Gasteiger partial charge in [-0.05, 0) is 57.8 Å². The minimum Gasteiger partial charge on any atom is -0.756 e. The van der Waals surface area contributed by atoms with Crippen molar-refractivity contribution in [1.82, 2.24) is 5.32 Å². The van der Waals surface area contributed by atoms with Gasteiger partial charge in [-0.15, -0.1) is 0 Å². The first-order valence-electron chi connectivity index (χ1n) is 31.6. The normalized spacial score (nSPS) is 14.2. The van der Waals surface area contributed by atoms with E-state index in [4.69, 9.17) is 9.05 Å². The number of hydrogen-bond donors (Lipinski definition) is 2. The number of likely N-dealkylation sites (N-methyl/N-ethyl adjacent to an activating group) is 1. The maximum absolute atomic E-state index is 13.0. The zero-order valence-corrected chi connectivity index (χ0v) is 50.4. The number of amides is 1. The summed E-state index contributed by atoms with van der Waals surface area (Å²) in [5.41, 5.74) is 0. The summed E-state index contributed by atoms with van der Waals surface area (Å²) in [6.07, 6.45) is 75.5. The van der Waals surface area contributed by atoms with Crippen LogP contribution in [-0.2, 0) is 18.4 Å². The number of nitrogens with zero attached hydrogens (tertiary/aromatic N) is 1. The molecule has 3 atom stereocenters. The Balaban J connectivity index is 4.08. The lowest BCUT2D eigenvalue weighted by molar-refractivity contribution is -0.870. The molecule has 0 rings (SSSR count). The lowest BCUT2D eigenvalue weighted by Crippen LogP contribution is -2.46. The van der Waals surface area contributed by atoms with Gasteiger partial charge in [0.25, 0.3) is 7.82 Å². The van der Waals surface area contributed by atoms with E-state index in [-0.39, 0.29) is 19.1 Å². The van der Waals surface area contributed by atoms with Gasteiger partial charge in [-0.25, -0.2) is 0 Å². The van der Waals surface area contributed by atoms with Gasteiger partial charge in [0.05, 0.1) is 39.9 Å². The number of aliphatic hydroxyl groups is 1. The summed E-state index contributed by atoms with van der Waals surface area (Å²) in [4.78, 5) is 25.6. The molecule has 0 saturated heterocycles. The molecule has 2 N–H and O–H groups in total. The molecule has 3 unspecified atom stereocenters. The minimum atomic E-state index is -4.58. The summed E-state index contributed by atoms with van der Waals surface area (Å²) in [5, 5.41) is 14.1. The lowest BCUT2D eigenvalue weighted by Gasteiger charge is -2.30. The first-order chi connectivity index (χ1) is 36.0. The highest BCUT2D eigenvalue weighted by Gasteiger charge is 2.24. The number of phosphoric ester groups is 1. The largest absolute Gasteiger partial charge is 0.756 e. The van der Waals surface area contributed by atoms with Crippen LogP contribution in [-0.4, -0.2) is 68.5 Å². The van der Waals surface area contributed by atoms with Gasteiger partial charge in [0.15, 0.2) is 0 Å². The zero-order valence-electron chi connectivity index (χ0n) is 49.5. The molecule has 0 heterocycles. The Labute approximate surface area is 460 Å². The van der Waals surface area contributed by atoms with Crippen molar-refractivity contribution in [3.05, 3.63) is 60.8 Å². The topological polar surface area (TPSA) is 108 Å². The van der Waals surface area contributed by atoms with E-state index in [0.29, 0.717) is 23.9 Å². The van der Waals surface area contributed by atoms with Crippen LogP contribution in [0.2, 0.25) is 0 Å². The van der Waals surface area contributed by atoms with Gasteiger partial charge >= 0.3 is 0 Å². The van der Waals surface area contributed by atoms with Crippen molar-refractivity contribution in [1.29, 1.82) is 0 Å². The second-order valence-corrected chi connectivity index (χ2v) is 24.2. The van der Waals surface area contributed by atoms with Crippen molar-refractivity contribution >= 4 is 13.7 Å². The SMILES string of the molecule is CC/C=C\C/C=C\C/C=C\C/C=C\C/C=C\CCCCCCCCCCCCCCCCCC(=O)NC(COP(=O)([O-])OCC[N+](C)(C)C)C(O)CCCCCCCCCCCCCCCCCCCCCCC. The molecule has 9 heteroatoms. The van der Waals surface area contributed by atoms with Gasteiger partial charge in [-0.2, -0.15) is 0 Å². The summed E-state index contributed by atoms with van der Waals surface area (Å²) in [6.45, 7) is 4.64. The predicted molar refractivity (Wildman–Crippen MR) is 321 cm³/mol. The Bertz CT molecular complexity index is 1390. The molecule has 8 nitrogen and oxygen atoms in total. The van der Waals surface area contributed by atoms with E-state index >= 15 is 0 Å². The molecule has 0 aromatic heterocycles. The first-order valence-corrected chi connectivity index (χ1v) is 33.1. The third-order valence-electron chi connectivity index (χ3n) is 14.3. The van der Waals surface area contributed by atoms with Crippen LogP contribution in [0, 0.1) is 0 Å². The van der Waals surface area contributed by atoms with Crippen LogP contribution in [0.25, 0.3) is 0 Å². The highest BCUT2D eigenvalue weighted by Crippen LogP contribution is 2.38. The molecular weight excluding hydrogens is 936 g/mol. The van der Waals surface area contributed by atoms with Gasteiger partial charge in [0.1, 0.15) is 13.2 Å². The lowest BCUT2D eigenvalue weighted by atomic mass is 10.0. The standard InChI is InChI=1S/C65H123N2O6P/c1-6-8-10-12-14-16-18-20-22-24-26-28-29-30-31-32-33-34-35-36-37-39-41-43-45-47-49-51-53-55-57-59-65(69)66-63(62-73-74(70,71)72-61-60-67(3,4)5)64(68)58-56-54-52-50-48-46-44-42-40-38-27-25-23-21-19-17-15-13-11-9-7-2/h8,10,14,16,20,22,26,28,30-31,63-64,68H,6-7,9,11-13,15,17-19,21,23-25,27,29,32-62H2,1-5H3,(H-,66,69,70,71)/b10-8-,16-14-,22-20-,28-26-,31-30-. The molecule has 0 aliphatic heterocycles. The van der Waals surface area contributed by atoms with E-state index in [1.54, 1.807) is 0 Å². The Morgan fingerprint density at radius 1 is 0.486 bits per heavy atom. The van der Waals surface area contributed by atoms with E-state index < -0.39 is 20.0 Å². The Morgan fingerprint density at radius 2 is 0.824 bits per heavy atom. The monoisotopic (exact) mass is 1060 g/mol. The van der Waals surface area contributed by atoms with Crippen LogP contribution in [0.1, 0.15) is 296 Å². The number of allylic oxidation sites excluding steroid dienone is 10. The molecule has 0 aromatic carbocycles. The number of rotatable bonds is 58. The van der Waals surface area contributed by atoms with E-state index in [0.717, 1.165) is 70.6 Å². The molecule has 0 spiro atoms. The average molecular weight is 1060 g/mol. The maximum Gasteiger partial charge on any atom is 0.268 e. The molecule has 0 aromatic rings. The fraction of sp³-hybridized carbons (Fsp3) is 0.831. The number of carbonyl (C=O) groups excluding carboxylic acids is 1. The fourth-order valence-corrected chi connectivity index (χ4v) is 10.1. The second kappa shape index (κ2) is 55.9. The number of quaternary nitrogens is 1. The van der Waals surface area contributed by atoms with Crippen molar-refractivity contribution in [3.63, 3.8) is 0 Å². The smallest absolute Gasteiger partial charge is 0.268 e. The number of aliphatic hydroxyl groups excluding tert-OH is 1. The zero-order chi connectivity index (χ0) is 54.2. The molecule has 1 amide bonds. The summed E-state index contributed by atoms with van der Waals surface area (Å²) in [5.74, 6) is -0.163. The molecule has 0 aliphatic rings. The van der Waals surface area contributed by atoms with Gasteiger partial charge in [0, 0.05) is 6.42 Å². The highest BCUT2D eigenvalue weighted by atomic mass is 31.2. The van der Waals surface area contributed by atoms with Gasteiger partial charge in [-0.3, -0.25) is 9.36 Å². The highest BCUT2D eigenvalue weighted by molar-refractivity contribution is 7.45. The molecule has 74 heavy (non-hydrogen) atoms. The predicted octanol–water partition coefficient (Wildman–Crippen LogP) is 19.0. The van der Waals surface area contributed by atoms with Crippen molar-refractivity contribution in [2.24, 2.45) is 0 Å². The Kier molecular flexibility index (Phi) is 54.6. The molecule has 0 fully saturated rings. The van der Waals surface area contributed by atoms with E-state index in [9.17, 15) is 19.4 Å². The van der Waals surface area contributed by atoms with Crippen molar-refractivity contribution in [3.8, 4) is 0 Å². The number of hydrogen-bond acceptors (Lipinski definition) is 6. The van der Waals surface area contributed by atoms with E-state index in [2.05, 4.69) is 79.9 Å². The molecular formula is C65H123N2O6P. The summed E-state index contributed by atoms with van der Waals surface area (Å²) in [7, 11) is 1.31. The number of nitrogens with one attached hydrogen (secondary N) is 1. The number of carbonyl (C=O) groups is 1. The second-order valence-electron chi connectivity index (χ2n) is 22.7. The van der Waals surface area contributed by atoms with Gasteiger partial charge in [0.2, 0.25) is 5.91 Å². The van der Waals surface area contributed by atoms with E-state index in [1.807, 2.05) is 21.1 Å². The van der Waals surface area contributed by atoms with Crippen molar-refractivity contribution < 1.29 is 32.9 Å². The summed E-state index contributed by atoms with van der Waals surface area (Å²) >= 11 is 0. The molecule has 434 valence electrons. The first kappa shape index (κ1) is 72.2. The molecule has 0 radical (unpaired) electrons. The van der Waals surface area contributed by atoms with Crippen molar-refractivity contribution in [2.75, 3.05) is 40.9 Å². The fourth-order valence-electron chi connectivity index (χ4n) is 9.36. The van der Waals surface area contributed by atoms with Crippen LogP contribution < -0.4 is 10.2 Å². The molecule has 0 saturated carbocycles.